The molecule has 0 aliphatic carbocycles. The van der Waals surface area contributed by atoms with E-state index in [1.807, 2.05) is 19.1 Å². The number of Topliss-reactive ketones (excluding diaryl/α,β-unsaturated/α-hetero) is 2. The normalized spacial score (nSPS) is 10.0. The van der Waals surface area contributed by atoms with Crippen molar-refractivity contribution < 1.29 is 19.1 Å². The first kappa shape index (κ1) is 14.1. The van der Waals surface area contributed by atoms with E-state index in [1.54, 1.807) is 13.8 Å². The first-order valence-corrected chi connectivity index (χ1v) is 5.59. The lowest BCUT2D eigenvalue weighted by molar-refractivity contribution is -0.142. The van der Waals surface area contributed by atoms with E-state index in [0.29, 0.717) is 5.56 Å². The fourth-order valence-corrected chi connectivity index (χ4v) is 1.96. The molecule has 0 aromatic heterocycles. The number of esters is 1. The minimum absolute atomic E-state index is 0.384. The molecule has 96 valence electrons. The van der Waals surface area contributed by atoms with Crippen LogP contribution in [-0.4, -0.2) is 24.6 Å². The molecule has 0 radical (unpaired) electrons. The molecule has 0 spiro atoms. The molecule has 4 heteroatoms. The number of ether oxygens (including phenoxy) is 1. The van der Waals surface area contributed by atoms with Crippen molar-refractivity contribution in [1.82, 2.24) is 0 Å². The molecule has 18 heavy (non-hydrogen) atoms. The number of carbonyl (C=O) groups is 3. The van der Waals surface area contributed by atoms with Gasteiger partial charge in [0.05, 0.1) is 7.11 Å². The molecule has 0 N–H and O–H groups in total. The Morgan fingerprint density at radius 2 is 1.56 bits per heavy atom. The summed E-state index contributed by atoms with van der Waals surface area (Å²) in [6, 6.07) is 3.68. The molecule has 0 aliphatic rings. The predicted octanol–water partition coefficient (Wildman–Crippen LogP) is 1.93. The molecule has 1 aromatic carbocycles. The average molecular weight is 248 g/mol. The lowest BCUT2D eigenvalue weighted by Crippen LogP contribution is -2.20. The Labute approximate surface area is 106 Å². The van der Waals surface area contributed by atoms with Gasteiger partial charge in [-0.15, -0.1) is 0 Å². The molecule has 0 amide bonds. The van der Waals surface area contributed by atoms with Gasteiger partial charge in [0, 0.05) is 5.56 Å². The molecule has 0 atom stereocenters. The van der Waals surface area contributed by atoms with E-state index in [0.717, 1.165) is 16.7 Å². The highest BCUT2D eigenvalue weighted by Crippen LogP contribution is 2.17. The van der Waals surface area contributed by atoms with Crippen LogP contribution in [0.4, 0.5) is 0 Å². The van der Waals surface area contributed by atoms with Crippen LogP contribution in [-0.2, 0) is 14.3 Å². The van der Waals surface area contributed by atoms with Crippen LogP contribution < -0.4 is 0 Å². The summed E-state index contributed by atoms with van der Waals surface area (Å²) in [5.41, 5.74) is 2.91. The number of aryl methyl sites for hydroxylation is 3. The molecule has 0 saturated carbocycles. The van der Waals surface area contributed by atoms with Gasteiger partial charge in [-0.2, -0.15) is 0 Å². The SMILES string of the molecule is COC(=O)CC(=O)C(=O)c1c(C)cc(C)cc1C. The fraction of sp³-hybridized carbons (Fsp3) is 0.357. The highest BCUT2D eigenvalue weighted by molar-refractivity contribution is 6.46. The van der Waals surface area contributed by atoms with Crippen LogP contribution in [0.2, 0.25) is 0 Å². The zero-order valence-corrected chi connectivity index (χ0v) is 11.0. The minimum atomic E-state index is -0.739. The van der Waals surface area contributed by atoms with Crippen LogP contribution in [0.25, 0.3) is 0 Å². The maximum absolute atomic E-state index is 12.0. The zero-order chi connectivity index (χ0) is 13.9. The van der Waals surface area contributed by atoms with Gasteiger partial charge in [0.15, 0.2) is 0 Å². The minimum Gasteiger partial charge on any atom is -0.469 e. The Morgan fingerprint density at radius 1 is 1.06 bits per heavy atom. The Kier molecular flexibility index (Phi) is 4.37. The molecule has 0 aliphatic heterocycles. The van der Waals surface area contributed by atoms with Crippen molar-refractivity contribution in [2.75, 3.05) is 7.11 Å². The predicted molar refractivity (Wildman–Crippen MR) is 66.6 cm³/mol. The second-order valence-corrected chi connectivity index (χ2v) is 4.28. The summed E-state index contributed by atoms with van der Waals surface area (Å²) in [4.78, 5) is 34.6. The molecule has 0 unspecified atom stereocenters. The lowest BCUT2D eigenvalue weighted by atomic mass is 9.94. The van der Waals surface area contributed by atoms with Crippen LogP contribution in [0.5, 0.6) is 0 Å². The second kappa shape index (κ2) is 5.58. The molecule has 0 saturated heterocycles. The largest absolute Gasteiger partial charge is 0.469 e. The van der Waals surface area contributed by atoms with Crippen LogP contribution in [0.1, 0.15) is 33.5 Å². The molecule has 1 rings (SSSR count). The van der Waals surface area contributed by atoms with Gasteiger partial charge in [0.25, 0.3) is 0 Å². The highest BCUT2D eigenvalue weighted by atomic mass is 16.5. The molecular formula is C14H16O4. The first-order valence-electron chi connectivity index (χ1n) is 5.59. The van der Waals surface area contributed by atoms with Crippen molar-refractivity contribution >= 4 is 17.5 Å². The van der Waals surface area contributed by atoms with E-state index in [-0.39, 0.29) is 0 Å². The van der Waals surface area contributed by atoms with Gasteiger partial charge in [-0.1, -0.05) is 17.7 Å². The number of ketones is 2. The molecule has 4 nitrogen and oxygen atoms in total. The Morgan fingerprint density at radius 3 is 2.00 bits per heavy atom. The summed E-state index contributed by atoms with van der Waals surface area (Å²) in [5, 5.41) is 0. The monoisotopic (exact) mass is 248 g/mol. The molecular weight excluding hydrogens is 232 g/mol. The van der Waals surface area contributed by atoms with Gasteiger partial charge in [0.1, 0.15) is 6.42 Å². The smallest absolute Gasteiger partial charge is 0.313 e. The summed E-state index contributed by atoms with van der Waals surface area (Å²) in [5.74, 6) is -2.07. The Balaban J connectivity index is 3.05. The quantitative estimate of drug-likeness (QED) is 0.353. The van der Waals surface area contributed by atoms with E-state index in [2.05, 4.69) is 4.74 Å². The summed E-state index contributed by atoms with van der Waals surface area (Å²) in [6.45, 7) is 5.47. The van der Waals surface area contributed by atoms with Gasteiger partial charge < -0.3 is 4.74 Å². The fourth-order valence-electron chi connectivity index (χ4n) is 1.96. The third-order valence-electron chi connectivity index (χ3n) is 2.69. The van der Waals surface area contributed by atoms with Gasteiger partial charge in [-0.25, -0.2) is 0 Å². The first-order chi connectivity index (χ1) is 8.36. The van der Waals surface area contributed by atoms with Crippen LogP contribution in [0.3, 0.4) is 0 Å². The number of methoxy groups -OCH3 is 1. The summed E-state index contributed by atoms with van der Waals surface area (Å²) in [6.07, 6.45) is -0.512. The van der Waals surface area contributed by atoms with Crippen molar-refractivity contribution in [2.24, 2.45) is 0 Å². The van der Waals surface area contributed by atoms with E-state index in [1.165, 1.54) is 7.11 Å². The van der Waals surface area contributed by atoms with E-state index in [4.69, 9.17) is 0 Å². The number of benzene rings is 1. The molecule has 0 bridgehead atoms. The Bertz CT molecular complexity index is 492. The van der Waals surface area contributed by atoms with E-state index in [9.17, 15) is 14.4 Å². The van der Waals surface area contributed by atoms with Crippen LogP contribution in [0.15, 0.2) is 12.1 Å². The number of hydrogen-bond acceptors (Lipinski definition) is 4. The number of rotatable bonds is 4. The van der Waals surface area contributed by atoms with Gasteiger partial charge in [0.2, 0.25) is 11.6 Å². The molecule has 1 aromatic rings. The van der Waals surface area contributed by atoms with Crippen molar-refractivity contribution in [2.45, 2.75) is 27.2 Å². The molecule has 0 fully saturated rings. The standard InChI is InChI=1S/C14H16O4/c1-8-5-9(2)13(10(3)6-8)14(17)11(15)7-12(16)18-4/h5-6H,7H2,1-4H3. The average Bonchev–Trinajstić information content (AvgIpc) is 2.27. The lowest BCUT2D eigenvalue weighted by Gasteiger charge is -2.09. The van der Waals surface area contributed by atoms with Gasteiger partial charge >= 0.3 is 5.97 Å². The number of hydrogen-bond donors (Lipinski definition) is 0. The van der Waals surface area contributed by atoms with E-state index < -0.39 is 24.0 Å². The van der Waals surface area contributed by atoms with Crippen molar-refractivity contribution in [3.63, 3.8) is 0 Å². The second-order valence-electron chi connectivity index (χ2n) is 4.28. The van der Waals surface area contributed by atoms with Crippen molar-refractivity contribution in [3.05, 3.63) is 34.4 Å². The molecule has 0 heterocycles. The third-order valence-corrected chi connectivity index (χ3v) is 2.69. The van der Waals surface area contributed by atoms with Crippen LogP contribution in [0, 0.1) is 20.8 Å². The van der Waals surface area contributed by atoms with Crippen molar-refractivity contribution in [1.29, 1.82) is 0 Å². The topological polar surface area (TPSA) is 60.4 Å². The van der Waals surface area contributed by atoms with Crippen LogP contribution >= 0.6 is 0 Å². The maximum atomic E-state index is 12.0. The van der Waals surface area contributed by atoms with Gasteiger partial charge in [-0.3, -0.25) is 14.4 Å². The summed E-state index contributed by atoms with van der Waals surface area (Å²) < 4.78 is 4.37. The highest BCUT2D eigenvalue weighted by Gasteiger charge is 2.23. The van der Waals surface area contributed by atoms with Gasteiger partial charge in [-0.05, 0) is 31.9 Å². The summed E-state index contributed by atoms with van der Waals surface area (Å²) in [7, 11) is 1.18. The van der Waals surface area contributed by atoms with E-state index >= 15 is 0 Å². The number of carbonyl (C=O) groups excluding carboxylic acids is 3. The summed E-state index contributed by atoms with van der Waals surface area (Å²) >= 11 is 0. The maximum Gasteiger partial charge on any atom is 0.313 e. The zero-order valence-electron chi connectivity index (χ0n) is 11.0. The Hall–Kier alpha value is -1.97. The third kappa shape index (κ3) is 3.03. The van der Waals surface area contributed by atoms with Crippen molar-refractivity contribution in [3.8, 4) is 0 Å².